The molecule has 1 aliphatic rings. The van der Waals surface area contributed by atoms with Crippen molar-refractivity contribution in [3.63, 3.8) is 0 Å². The smallest absolute Gasteiger partial charge is 0.138 e. The van der Waals surface area contributed by atoms with Gasteiger partial charge in [-0.2, -0.15) is 0 Å². The highest BCUT2D eigenvalue weighted by Gasteiger charge is 2.27. The van der Waals surface area contributed by atoms with Gasteiger partial charge in [0.2, 0.25) is 0 Å². The number of rotatable bonds is 0. The number of aromatic nitrogens is 1. The normalized spacial score (nSPS) is 12.5. The average Bonchev–Trinajstić information content (AvgIpc) is 2.81. The van der Waals surface area contributed by atoms with Gasteiger partial charge < -0.3 is 5.11 Å². The fraction of sp³-hybridized carbons (Fsp3) is 0.0625. The van der Waals surface area contributed by atoms with Crippen LogP contribution in [0.5, 0.6) is 5.75 Å². The molecular weight excluding hydrogens is 476 g/mol. The Morgan fingerprint density at radius 3 is 2.70 bits per heavy atom. The first-order valence-electron chi connectivity index (χ1n) is 6.24. The highest BCUT2D eigenvalue weighted by Crippen LogP contribution is 2.45. The Labute approximate surface area is 143 Å². The zero-order valence-corrected chi connectivity index (χ0v) is 14.6. The molecule has 1 aromatic heterocycles. The zero-order chi connectivity index (χ0) is 13.9. The van der Waals surface area contributed by atoms with Crippen molar-refractivity contribution in [1.29, 1.82) is 0 Å². The molecule has 0 unspecified atom stereocenters. The number of hydrogen-bond donors (Lipinski definition) is 1. The monoisotopic (exact) mass is 485 g/mol. The molecule has 0 bridgehead atoms. The lowest BCUT2D eigenvalue weighted by molar-refractivity contribution is 0.473. The third-order valence-electron chi connectivity index (χ3n) is 3.71. The average molecular weight is 485 g/mol. The maximum absolute atomic E-state index is 10.4. The van der Waals surface area contributed by atoms with Crippen LogP contribution in [0.15, 0.2) is 36.4 Å². The molecule has 0 fully saturated rings. The molecule has 0 saturated heterocycles. The van der Waals surface area contributed by atoms with E-state index in [-0.39, 0.29) is 0 Å². The molecule has 0 aliphatic heterocycles. The van der Waals surface area contributed by atoms with E-state index in [1.807, 2.05) is 24.3 Å². The molecule has 0 radical (unpaired) electrons. The Morgan fingerprint density at radius 2 is 1.85 bits per heavy atom. The summed E-state index contributed by atoms with van der Waals surface area (Å²) in [7, 11) is 0. The summed E-state index contributed by atoms with van der Waals surface area (Å²) in [6, 6.07) is 12.4. The molecule has 0 saturated carbocycles. The van der Waals surface area contributed by atoms with Gasteiger partial charge in [-0.25, -0.2) is 4.98 Å². The summed E-state index contributed by atoms with van der Waals surface area (Å²) in [5.41, 5.74) is 5.23. The number of pyridine rings is 1. The van der Waals surface area contributed by atoms with Crippen LogP contribution < -0.4 is 0 Å². The number of hydrogen-bond acceptors (Lipinski definition) is 2. The number of phenols is 1. The van der Waals surface area contributed by atoms with Crippen molar-refractivity contribution in [1.82, 2.24) is 4.98 Å². The van der Waals surface area contributed by atoms with Gasteiger partial charge in [0.25, 0.3) is 0 Å². The lowest BCUT2D eigenvalue weighted by Gasteiger charge is -2.08. The first-order chi connectivity index (χ1) is 9.65. The highest BCUT2D eigenvalue weighted by molar-refractivity contribution is 14.1. The first kappa shape index (κ1) is 12.8. The lowest BCUT2D eigenvalue weighted by atomic mass is 10.1. The summed E-state index contributed by atoms with van der Waals surface area (Å²) in [5, 5.41) is 11.6. The molecule has 4 rings (SSSR count). The van der Waals surface area contributed by atoms with Crippen molar-refractivity contribution in [3.8, 4) is 17.0 Å². The Morgan fingerprint density at radius 1 is 1.05 bits per heavy atom. The van der Waals surface area contributed by atoms with Gasteiger partial charge in [-0.1, -0.05) is 18.2 Å². The molecule has 3 aromatic rings. The largest absolute Gasteiger partial charge is 0.506 e. The number of halogens is 2. The van der Waals surface area contributed by atoms with Crippen LogP contribution in [0.25, 0.3) is 22.2 Å². The van der Waals surface area contributed by atoms with Crippen LogP contribution in [-0.2, 0) is 6.42 Å². The number of nitrogens with zero attached hydrogens (tertiary/aromatic N) is 1. The number of fused-ring (bicyclic) bond motifs is 4. The standard InChI is InChI=1S/C16H9I2NO/c17-11-7-12(18)16(20)14-10(11)6-9-5-8-3-1-2-4-13(8)19-15(9)14/h1-5,7,20H,6H2. The van der Waals surface area contributed by atoms with Crippen molar-refractivity contribution < 1.29 is 5.11 Å². The fourth-order valence-electron chi connectivity index (χ4n) is 2.78. The summed E-state index contributed by atoms with van der Waals surface area (Å²) in [6.07, 6.45) is 0.852. The Bertz CT molecular complexity index is 874. The number of para-hydroxylation sites is 1. The second-order valence-electron chi connectivity index (χ2n) is 4.91. The third-order valence-corrected chi connectivity index (χ3v) is 5.50. The molecule has 4 heteroatoms. The predicted octanol–water partition coefficient (Wildman–Crippen LogP) is 4.72. The van der Waals surface area contributed by atoms with Crippen LogP contribution in [0, 0.1) is 7.14 Å². The van der Waals surface area contributed by atoms with E-state index in [0.717, 1.165) is 32.2 Å². The zero-order valence-electron chi connectivity index (χ0n) is 10.3. The van der Waals surface area contributed by atoms with E-state index in [0.29, 0.717) is 5.75 Å². The van der Waals surface area contributed by atoms with Gasteiger partial charge in [-0.3, -0.25) is 0 Å². The van der Waals surface area contributed by atoms with Crippen LogP contribution >= 0.6 is 45.2 Å². The van der Waals surface area contributed by atoms with Crippen molar-refractivity contribution in [2.45, 2.75) is 6.42 Å². The minimum absolute atomic E-state index is 0.363. The summed E-state index contributed by atoms with van der Waals surface area (Å²) in [6.45, 7) is 0. The topological polar surface area (TPSA) is 33.1 Å². The van der Waals surface area contributed by atoms with E-state index >= 15 is 0 Å². The van der Waals surface area contributed by atoms with Crippen molar-refractivity contribution in [3.05, 3.63) is 54.7 Å². The number of aromatic hydroxyl groups is 1. The molecule has 1 heterocycles. The first-order valence-corrected chi connectivity index (χ1v) is 8.40. The highest BCUT2D eigenvalue weighted by atomic mass is 127. The third kappa shape index (κ3) is 1.77. The molecule has 2 nitrogen and oxygen atoms in total. The van der Waals surface area contributed by atoms with Crippen LogP contribution in [-0.4, -0.2) is 10.1 Å². The Hall–Kier alpha value is -0.890. The number of phenolic OH excluding ortho intramolecular Hbond substituents is 1. The van der Waals surface area contributed by atoms with Crippen molar-refractivity contribution >= 4 is 56.1 Å². The van der Waals surface area contributed by atoms with E-state index in [4.69, 9.17) is 4.98 Å². The van der Waals surface area contributed by atoms with Gasteiger partial charge in [0.15, 0.2) is 0 Å². The summed E-state index contributed by atoms with van der Waals surface area (Å²) in [4.78, 5) is 4.77. The van der Waals surface area contributed by atoms with Crippen LogP contribution in [0.2, 0.25) is 0 Å². The van der Waals surface area contributed by atoms with Crippen molar-refractivity contribution in [2.75, 3.05) is 0 Å². The molecule has 20 heavy (non-hydrogen) atoms. The van der Waals surface area contributed by atoms with Gasteiger partial charge in [0, 0.05) is 20.9 Å². The SMILES string of the molecule is Oc1c(I)cc(I)c2c1-c1nc3ccccc3cc1C2. The van der Waals surface area contributed by atoms with E-state index < -0.39 is 0 Å². The molecule has 1 aliphatic carbocycles. The second-order valence-corrected chi connectivity index (χ2v) is 7.23. The maximum atomic E-state index is 10.4. The quantitative estimate of drug-likeness (QED) is 0.366. The minimum Gasteiger partial charge on any atom is -0.506 e. The van der Waals surface area contributed by atoms with Crippen LogP contribution in [0.4, 0.5) is 0 Å². The summed E-state index contributed by atoms with van der Waals surface area (Å²) >= 11 is 4.52. The molecule has 0 spiro atoms. The van der Waals surface area contributed by atoms with Gasteiger partial charge in [-0.15, -0.1) is 0 Å². The van der Waals surface area contributed by atoms with E-state index in [1.54, 1.807) is 0 Å². The summed E-state index contributed by atoms with van der Waals surface area (Å²) in [5.74, 6) is 0.363. The molecule has 0 atom stereocenters. The van der Waals surface area contributed by atoms with Crippen LogP contribution in [0.3, 0.4) is 0 Å². The molecular formula is C16H9I2NO. The molecule has 2 aromatic carbocycles. The Kier molecular flexibility index (Phi) is 2.92. The van der Waals surface area contributed by atoms with E-state index in [9.17, 15) is 5.11 Å². The van der Waals surface area contributed by atoms with Gasteiger partial charge in [0.1, 0.15) is 5.75 Å². The van der Waals surface area contributed by atoms with Gasteiger partial charge >= 0.3 is 0 Å². The second kappa shape index (κ2) is 4.56. The number of benzene rings is 2. The maximum Gasteiger partial charge on any atom is 0.138 e. The van der Waals surface area contributed by atoms with Gasteiger partial charge in [0.05, 0.1) is 14.8 Å². The molecule has 0 amide bonds. The predicted molar refractivity (Wildman–Crippen MR) is 97.1 cm³/mol. The van der Waals surface area contributed by atoms with E-state index in [1.165, 1.54) is 14.7 Å². The minimum atomic E-state index is 0.363. The lowest BCUT2D eigenvalue weighted by Crippen LogP contribution is -1.89. The van der Waals surface area contributed by atoms with E-state index in [2.05, 4.69) is 57.3 Å². The van der Waals surface area contributed by atoms with Crippen LogP contribution in [0.1, 0.15) is 11.1 Å². The molecule has 98 valence electrons. The fourth-order valence-corrected chi connectivity index (χ4v) is 4.73. The summed E-state index contributed by atoms with van der Waals surface area (Å²) < 4.78 is 2.08. The van der Waals surface area contributed by atoms with Crippen molar-refractivity contribution in [2.24, 2.45) is 0 Å². The van der Waals surface area contributed by atoms with Gasteiger partial charge in [-0.05, 0) is 74.5 Å². The molecule has 1 N–H and O–H groups in total. The Balaban J connectivity index is 2.10.